The minimum absolute atomic E-state index is 0.0379. The zero-order valence-corrected chi connectivity index (χ0v) is 14.1. The molecule has 2 aromatic heterocycles. The molecule has 10 heteroatoms. The van der Waals surface area contributed by atoms with Gasteiger partial charge >= 0.3 is 23.6 Å². The zero-order chi connectivity index (χ0) is 18.4. The van der Waals surface area contributed by atoms with Crippen LogP contribution in [0.5, 0.6) is 5.88 Å². The molecule has 2 aromatic rings. The molecule has 0 aromatic carbocycles. The molecule has 0 saturated carbocycles. The van der Waals surface area contributed by atoms with Crippen molar-refractivity contribution in [1.82, 2.24) is 9.67 Å². The van der Waals surface area contributed by atoms with E-state index in [1.165, 1.54) is 29.1 Å². The lowest BCUT2D eigenvalue weighted by Gasteiger charge is -2.20. The van der Waals surface area contributed by atoms with Gasteiger partial charge in [-0.2, -0.15) is 13.2 Å². The van der Waals surface area contributed by atoms with Crippen molar-refractivity contribution in [3.63, 3.8) is 0 Å². The van der Waals surface area contributed by atoms with Gasteiger partial charge in [0.2, 0.25) is 0 Å². The lowest BCUT2D eigenvalue weighted by Crippen LogP contribution is -2.65. The minimum atomic E-state index is -4.53. The van der Waals surface area contributed by atoms with Crippen LogP contribution in [-0.2, 0) is 10.3 Å². The molecule has 1 aliphatic rings. The van der Waals surface area contributed by atoms with Crippen molar-refractivity contribution >= 4 is 17.6 Å². The van der Waals surface area contributed by atoms with Crippen LogP contribution in [-0.4, -0.2) is 35.0 Å². The Bertz CT molecular complexity index is 837. The average molecular weight is 377 g/mol. The number of hydrogen-bond acceptors (Lipinski definition) is 4. The second kappa shape index (κ2) is 5.91. The van der Waals surface area contributed by atoms with Crippen molar-refractivity contribution in [2.24, 2.45) is 0 Å². The summed E-state index contributed by atoms with van der Waals surface area (Å²) in [5.41, 5.74) is -2.21. The third kappa shape index (κ3) is 2.72. The summed E-state index contributed by atoms with van der Waals surface area (Å²) in [7, 11) is 0. The van der Waals surface area contributed by atoms with E-state index >= 15 is 0 Å². The number of ether oxygens (including phenoxy) is 2. The van der Waals surface area contributed by atoms with E-state index in [9.17, 15) is 18.0 Å². The molecule has 134 valence electrons. The summed E-state index contributed by atoms with van der Waals surface area (Å²) in [6, 6.07) is 4.16. The molecule has 3 rings (SSSR count). The van der Waals surface area contributed by atoms with E-state index in [1.54, 1.807) is 6.92 Å². The summed E-state index contributed by atoms with van der Waals surface area (Å²) in [6.45, 7) is 2.31. The molecular formula is C15H14ClF3N3O3+. The van der Waals surface area contributed by atoms with E-state index in [2.05, 4.69) is 4.98 Å². The molecule has 0 fully saturated rings. The number of carbonyl (C=O) groups is 1. The first kappa shape index (κ1) is 17.5. The van der Waals surface area contributed by atoms with Crippen molar-refractivity contribution in [3.05, 3.63) is 35.1 Å². The maximum Gasteiger partial charge on any atom is 0.460 e. The van der Waals surface area contributed by atoms with Crippen molar-refractivity contribution in [2.75, 3.05) is 13.2 Å². The molecule has 0 bridgehead atoms. The van der Waals surface area contributed by atoms with Crippen LogP contribution < -0.4 is 9.42 Å². The largest absolute Gasteiger partial charge is 0.462 e. The second-order valence-corrected chi connectivity index (χ2v) is 5.96. The van der Waals surface area contributed by atoms with Gasteiger partial charge in [0.05, 0.1) is 24.4 Å². The Morgan fingerprint density at radius 1 is 1.48 bits per heavy atom. The molecule has 6 nitrogen and oxygen atoms in total. The van der Waals surface area contributed by atoms with E-state index in [1.807, 2.05) is 0 Å². The van der Waals surface area contributed by atoms with Gasteiger partial charge in [-0.3, -0.25) is 0 Å². The van der Waals surface area contributed by atoms with Crippen LogP contribution in [0.15, 0.2) is 24.4 Å². The van der Waals surface area contributed by atoms with Crippen LogP contribution in [0.1, 0.15) is 24.2 Å². The molecule has 0 spiro atoms. The van der Waals surface area contributed by atoms with Gasteiger partial charge in [-0.1, -0.05) is 16.3 Å². The number of hydrogen-bond donors (Lipinski definition) is 0. The Hall–Kier alpha value is -2.29. The van der Waals surface area contributed by atoms with Crippen LogP contribution in [0.25, 0.3) is 5.82 Å². The van der Waals surface area contributed by atoms with Crippen LogP contribution >= 0.6 is 11.6 Å². The Morgan fingerprint density at radius 3 is 2.80 bits per heavy atom. The summed E-state index contributed by atoms with van der Waals surface area (Å²) >= 11 is 6.00. The van der Waals surface area contributed by atoms with E-state index < -0.39 is 24.3 Å². The Kier molecular flexibility index (Phi) is 4.14. The molecule has 0 amide bonds. The molecule has 25 heavy (non-hydrogen) atoms. The van der Waals surface area contributed by atoms with E-state index in [0.29, 0.717) is 0 Å². The highest BCUT2D eigenvalue weighted by Gasteiger charge is 2.67. The highest BCUT2D eigenvalue weighted by molar-refractivity contribution is 6.32. The van der Waals surface area contributed by atoms with Crippen molar-refractivity contribution in [2.45, 2.75) is 25.6 Å². The van der Waals surface area contributed by atoms with Crippen molar-refractivity contribution < 1.29 is 32.1 Å². The molecule has 1 aliphatic heterocycles. The molecule has 0 radical (unpaired) electrons. The van der Waals surface area contributed by atoms with Crippen LogP contribution in [0.4, 0.5) is 13.2 Å². The number of aromatic nitrogens is 3. The number of fused-ring (bicyclic) bond motifs is 1. The fourth-order valence-corrected chi connectivity index (χ4v) is 2.76. The predicted octanol–water partition coefficient (Wildman–Crippen LogP) is 2.66. The van der Waals surface area contributed by atoms with Crippen molar-refractivity contribution in [3.8, 4) is 11.7 Å². The number of pyridine rings is 1. The van der Waals surface area contributed by atoms with E-state index in [4.69, 9.17) is 21.1 Å². The lowest BCUT2D eigenvalue weighted by atomic mass is 10.1. The number of esters is 1. The van der Waals surface area contributed by atoms with Gasteiger partial charge in [-0.15, -0.1) is 4.68 Å². The minimum Gasteiger partial charge on any atom is -0.462 e. The highest BCUT2D eigenvalue weighted by atomic mass is 35.5. The molecular weight excluding hydrogens is 363 g/mol. The van der Waals surface area contributed by atoms with Gasteiger partial charge in [0.1, 0.15) is 5.15 Å². The molecule has 3 heterocycles. The van der Waals surface area contributed by atoms with Gasteiger partial charge < -0.3 is 9.47 Å². The van der Waals surface area contributed by atoms with Gasteiger partial charge in [-0.25, -0.2) is 9.78 Å². The van der Waals surface area contributed by atoms with E-state index in [0.717, 1.165) is 11.6 Å². The third-order valence-corrected chi connectivity index (χ3v) is 4.21. The van der Waals surface area contributed by atoms with E-state index in [-0.39, 0.29) is 29.0 Å². The topological polar surface area (TPSA) is 57.2 Å². The SMILES string of the molecule is CCOC(=O)c1ccc(-n2ccc3[n+]2C(C)(C(F)(F)F)CO3)nc1Cl. The Morgan fingerprint density at radius 2 is 2.20 bits per heavy atom. The average Bonchev–Trinajstić information content (AvgIpc) is 3.09. The summed E-state index contributed by atoms with van der Waals surface area (Å²) in [5, 5.41) is -0.161. The second-order valence-electron chi connectivity index (χ2n) is 5.60. The summed E-state index contributed by atoms with van der Waals surface area (Å²) in [6.07, 6.45) is -3.14. The molecule has 1 atom stereocenters. The lowest BCUT2D eigenvalue weighted by molar-refractivity contribution is -0.828. The fourth-order valence-electron chi connectivity index (χ4n) is 2.54. The highest BCUT2D eigenvalue weighted by Crippen LogP contribution is 2.37. The normalized spacial score (nSPS) is 19.4. The van der Waals surface area contributed by atoms with Gasteiger partial charge in [0.15, 0.2) is 12.4 Å². The molecule has 0 N–H and O–H groups in total. The summed E-state index contributed by atoms with van der Waals surface area (Å²) in [4.78, 5) is 15.8. The fraction of sp³-hybridized carbons (Fsp3) is 0.400. The van der Waals surface area contributed by atoms with Gasteiger partial charge in [0, 0.05) is 6.92 Å². The Balaban J connectivity index is 2.06. The number of nitrogens with zero attached hydrogens (tertiary/aromatic N) is 3. The van der Waals surface area contributed by atoms with Crippen molar-refractivity contribution in [1.29, 1.82) is 0 Å². The standard InChI is InChI=1S/C15H14ClF3N3O3/c1-3-24-13(23)9-4-5-10(20-12(9)16)21-7-6-11-22(21)14(2,8-25-11)15(17,18)19/h4-7H,3,8H2,1-2H3/q+1. The summed E-state index contributed by atoms with van der Waals surface area (Å²) < 4.78 is 52.7. The Labute approximate surface area is 145 Å². The zero-order valence-electron chi connectivity index (χ0n) is 13.3. The van der Waals surface area contributed by atoms with Crippen LogP contribution in [0.3, 0.4) is 0 Å². The first-order valence-corrected chi connectivity index (χ1v) is 7.74. The molecule has 0 aliphatic carbocycles. The molecule has 1 unspecified atom stereocenters. The maximum absolute atomic E-state index is 13.5. The van der Waals surface area contributed by atoms with Gasteiger partial charge in [0.25, 0.3) is 0 Å². The number of alkyl halides is 3. The van der Waals surface area contributed by atoms with Gasteiger partial charge in [-0.05, 0) is 19.1 Å². The van der Waals surface area contributed by atoms with Crippen LogP contribution in [0, 0.1) is 0 Å². The van der Waals surface area contributed by atoms with Crippen LogP contribution in [0.2, 0.25) is 5.15 Å². The monoisotopic (exact) mass is 376 g/mol. The molecule has 0 saturated heterocycles. The number of carbonyl (C=O) groups excluding carboxylic acids is 1. The predicted molar refractivity (Wildman–Crippen MR) is 79.9 cm³/mol. The first-order chi connectivity index (χ1) is 11.7. The first-order valence-electron chi connectivity index (χ1n) is 7.37. The third-order valence-electron chi connectivity index (χ3n) is 3.93. The quantitative estimate of drug-likeness (QED) is 0.469. The summed E-state index contributed by atoms with van der Waals surface area (Å²) in [5.74, 6) is -0.474. The maximum atomic E-state index is 13.5. The number of rotatable bonds is 3. The number of halogens is 4. The smallest absolute Gasteiger partial charge is 0.460 e.